The van der Waals surface area contributed by atoms with E-state index in [0.29, 0.717) is 0 Å². The average Bonchev–Trinajstić information content (AvgIpc) is 3.56. The number of pyridine rings is 1. The van der Waals surface area contributed by atoms with Gasteiger partial charge in [0.15, 0.2) is 0 Å². The Morgan fingerprint density at radius 1 is 0.909 bits per heavy atom. The number of aromatic nitrogens is 3. The molecule has 1 saturated carbocycles. The predicted octanol–water partition coefficient (Wildman–Crippen LogP) is 5.44. The van der Waals surface area contributed by atoms with Crippen molar-refractivity contribution in [3.63, 3.8) is 0 Å². The van der Waals surface area contributed by atoms with Crippen molar-refractivity contribution in [3.05, 3.63) is 96.4 Å². The molecule has 0 radical (unpaired) electrons. The van der Waals surface area contributed by atoms with Crippen LogP contribution in [0.4, 0.5) is 5.69 Å². The zero-order chi connectivity index (χ0) is 22.2. The lowest BCUT2D eigenvalue weighted by atomic mass is 9.99. The SMILES string of the molecule is O=C1c2ccccc2NC(c2cn(-c3ccccc3)nc2-c2cccnc2)N1C1CCCC1. The highest BCUT2D eigenvalue weighted by molar-refractivity contribution is 6.02. The first kappa shape index (κ1) is 19.7. The summed E-state index contributed by atoms with van der Waals surface area (Å²) in [6.07, 6.45) is 9.72. The Morgan fingerprint density at radius 3 is 2.48 bits per heavy atom. The van der Waals surface area contributed by atoms with Gasteiger partial charge in [-0.1, -0.05) is 43.2 Å². The number of nitrogens with zero attached hydrogens (tertiary/aromatic N) is 4. The van der Waals surface area contributed by atoms with Gasteiger partial charge in [0.25, 0.3) is 5.91 Å². The minimum absolute atomic E-state index is 0.0887. The summed E-state index contributed by atoms with van der Waals surface area (Å²) < 4.78 is 1.90. The van der Waals surface area contributed by atoms with Gasteiger partial charge in [-0.15, -0.1) is 0 Å². The third kappa shape index (κ3) is 3.48. The quantitative estimate of drug-likeness (QED) is 0.463. The minimum atomic E-state index is -0.303. The van der Waals surface area contributed by atoms with Gasteiger partial charge in [-0.25, -0.2) is 4.68 Å². The third-order valence-corrected chi connectivity index (χ3v) is 6.67. The normalized spacial score (nSPS) is 18.2. The maximum Gasteiger partial charge on any atom is 0.258 e. The van der Waals surface area contributed by atoms with E-state index in [1.807, 2.05) is 77.6 Å². The van der Waals surface area contributed by atoms with Crippen LogP contribution in [0, 0.1) is 0 Å². The van der Waals surface area contributed by atoms with Gasteiger partial charge in [-0.05, 0) is 49.2 Å². The van der Waals surface area contributed by atoms with E-state index in [1.54, 1.807) is 6.20 Å². The molecule has 2 aromatic carbocycles. The number of carbonyl (C=O) groups is 1. The van der Waals surface area contributed by atoms with Crippen LogP contribution < -0.4 is 5.32 Å². The number of fused-ring (bicyclic) bond motifs is 1. The lowest BCUT2D eigenvalue weighted by molar-refractivity contribution is 0.0585. The Hall–Kier alpha value is -3.93. The number of amides is 1. The number of rotatable bonds is 4. The Balaban J connectivity index is 1.53. The molecule has 2 aromatic heterocycles. The predicted molar refractivity (Wildman–Crippen MR) is 128 cm³/mol. The molecule has 3 heterocycles. The molecule has 1 N–H and O–H groups in total. The van der Waals surface area contributed by atoms with Crippen molar-refractivity contribution in [3.8, 4) is 16.9 Å². The molecule has 1 unspecified atom stereocenters. The van der Waals surface area contributed by atoms with Crippen LogP contribution >= 0.6 is 0 Å². The van der Waals surface area contributed by atoms with Crippen molar-refractivity contribution in [2.45, 2.75) is 37.9 Å². The van der Waals surface area contributed by atoms with E-state index in [2.05, 4.69) is 21.4 Å². The van der Waals surface area contributed by atoms with Crippen LogP contribution in [0.2, 0.25) is 0 Å². The van der Waals surface area contributed by atoms with Gasteiger partial charge in [0.2, 0.25) is 0 Å². The molecule has 0 spiro atoms. The molecule has 1 amide bonds. The van der Waals surface area contributed by atoms with Crippen LogP contribution in [0.25, 0.3) is 16.9 Å². The second kappa shape index (κ2) is 8.20. The van der Waals surface area contributed by atoms with Crippen molar-refractivity contribution < 1.29 is 4.79 Å². The van der Waals surface area contributed by atoms with Gasteiger partial charge < -0.3 is 10.2 Å². The fraction of sp³-hybridized carbons (Fsp3) is 0.222. The Kier molecular flexibility index (Phi) is 4.91. The van der Waals surface area contributed by atoms with E-state index in [9.17, 15) is 4.79 Å². The van der Waals surface area contributed by atoms with Gasteiger partial charge >= 0.3 is 0 Å². The van der Waals surface area contributed by atoms with E-state index in [0.717, 1.165) is 59.4 Å². The number of nitrogens with one attached hydrogen (secondary N) is 1. The molecule has 33 heavy (non-hydrogen) atoms. The van der Waals surface area contributed by atoms with E-state index in [-0.39, 0.29) is 18.1 Å². The molecule has 6 heteroatoms. The highest BCUT2D eigenvalue weighted by atomic mass is 16.2. The average molecular weight is 436 g/mol. The lowest BCUT2D eigenvalue weighted by Gasteiger charge is -2.41. The van der Waals surface area contributed by atoms with Crippen molar-refractivity contribution >= 4 is 11.6 Å². The van der Waals surface area contributed by atoms with Gasteiger partial charge in [0.05, 0.1) is 11.3 Å². The van der Waals surface area contributed by atoms with Crippen LogP contribution in [0.15, 0.2) is 85.3 Å². The second-order valence-corrected chi connectivity index (χ2v) is 8.70. The minimum Gasteiger partial charge on any atom is -0.361 e. The van der Waals surface area contributed by atoms with Gasteiger partial charge in [0, 0.05) is 41.4 Å². The Bertz CT molecular complexity index is 1280. The number of anilines is 1. The molecule has 6 rings (SSSR count). The van der Waals surface area contributed by atoms with Crippen molar-refractivity contribution in [2.75, 3.05) is 5.32 Å². The van der Waals surface area contributed by atoms with Crippen LogP contribution in [0.5, 0.6) is 0 Å². The first-order valence-electron chi connectivity index (χ1n) is 11.5. The molecule has 2 aliphatic rings. The molecular formula is C27H25N5O. The Morgan fingerprint density at radius 2 is 1.70 bits per heavy atom. The highest BCUT2D eigenvalue weighted by Gasteiger charge is 2.40. The summed E-state index contributed by atoms with van der Waals surface area (Å²) in [5.74, 6) is 0.0887. The van der Waals surface area contributed by atoms with Crippen LogP contribution in [-0.2, 0) is 0 Å². The fourth-order valence-electron chi connectivity index (χ4n) is 5.08. The molecule has 164 valence electrons. The zero-order valence-electron chi connectivity index (χ0n) is 18.3. The van der Waals surface area contributed by atoms with E-state index in [1.165, 1.54) is 0 Å². The van der Waals surface area contributed by atoms with Gasteiger partial charge in [0.1, 0.15) is 11.9 Å². The summed E-state index contributed by atoms with van der Waals surface area (Å²) in [7, 11) is 0. The van der Waals surface area contributed by atoms with Gasteiger partial charge in [-0.2, -0.15) is 5.10 Å². The first-order chi connectivity index (χ1) is 16.3. The van der Waals surface area contributed by atoms with Crippen LogP contribution in [0.3, 0.4) is 0 Å². The molecule has 1 aliphatic heterocycles. The first-order valence-corrected chi connectivity index (χ1v) is 11.5. The zero-order valence-corrected chi connectivity index (χ0v) is 18.3. The molecule has 0 bridgehead atoms. The molecule has 1 atom stereocenters. The standard InChI is InChI=1S/C27H25N5O/c33-27-22-14-6-7-15-24(22)29-26(32(27)21-12-4-5-13-21)23-18-31(20-10-2-1-3-11-20)30-25(23)19-9-8-16-28-17-19/h1-3,6-11,14-18,21,26,29H,4-5,12-13H2. The monoisotopic (exact) mass is 435 g/mol. The summed E-state index contributed by atoms with van der Waals surface area (Å²) in [4.78, 5) is 20.1. The molecular weight excluding hydrogens is 410 g/mol. The second-order valence-electron chi connectivity index (χ2n) is 8.70. The Labute approximate surface area is 192 Å². The maximum atomic E-state index is 13.8. The smallest absolute Gasteiger partial charge is 0.258 e. The largest absolute Gasteiger partial charge is 0.361 e. The molecule has 4 aromatic rings. The number of carbonyl (C=O) groups excluding carboxylic acids is 1. The van der Waals surface area contributed by atoms with Crippen molar-refractivity contribution in [1.29, 1.82) is 0 Å². The number of hydrogen-bond acceptors (Lipinski definition) is 4. The highest BCUT2D eigenvalue weighted by Crippen LogP contribution is 2.41. The van der Waals surface area contributed by atoms with E-state index in [4.69, 9.17) is 5.10 Å². The van der Waals surface area contributed by atoms with Crippen molar-refractivity contribution in [2.24, 2.45) is 0 Å². The van der Waals surface area contributed by atoms with Crippen LogP contribution in [0.1, 0.15) is 47.8 Å². The van der Waals surface area contributed by atoms with Crippen molar-refractivity contribution in [1.82, 2.24) is 19.7 Å². The summed E-state index contributed by atoms with van der Waals surface area (Å²) in [5, 5.41) is 8.64. The molecule has 0 saturated heterocycles. The summed E-state index contributed by atoms with van der Waals surface area (Å²) >= 11 is 0. The van der Waals surface area contributed by atoms with Crippen LogP contribution in [-0.4, -0.2) is 31.6 Å². The number of para-hydroxylation sites is 2. The van der Waals surface area contributed by atoms with E-state index < -0.39 is 0 Å². The topological polar surface area (TPSA) is 63.1 Å². The molecule has 6 nitrogen and oxygen atoms in total. The lowest BCUT2D eigenvalue weighted by Crippen LogP contribution is -2.47. The maximum absolute atomic E-state index is 13.8. The number of benzene rings is 2. The molecule has 1 fully saturated rings. The van der Waals surface area contributed by atoms with E-state index >= 15 is 0 Å². The summed E-state index contributed by atoms with van der Waals surface area (Å²) in [5.41, 5.74) is 5.32. The summed E-state index contributed by atoms with van der Waals surface area (Å²) in [6, 6.07) is 22.0. The van der Waals surface area contributed by atoms with Gasteiger partial charge in [-0.3, -0.25) is 9.78 Å². The fourth-order valence-corrected chi connectivity index (χ4v) is 5.08. The summed E-state index contributed by atoms with van der Waals surface area (Å²) in [6.45, 7) is 0. The molecule has 1 aliphatic carbocycles. The number of hydrogen-bond donors (Lipinski definition) is 1. The third-order valence-electron chi connectivity index (χ3n) is 6.67.